The molecule has 0 amide bonds. The molecule has 0 atom stereocenters. The van der Waals surface area contributed by atoms with Crippen LogP contribution in [0.3, 0.4) is 0 Å². The third-order valence-corrected chi connectivity index (χ3v) is 5.95. The molecule has 0 spiro atoms. The lowest BCUT2D eigenvalue weighted by Crippen LogP contribution is -2.10. The molecule has 0 unspecified atom stereocenters. The lowest BCUT2D eigenvalue weighted by Gasteiger charge is -2.09. The maximum Gasteiger partial charge on any atom is 0.389 e. The number of hydrogen-bond acceptors (Lipinski definition) is 9. The summed E-state index contributed by atoms with van der Waals surface area (Å²) in [5, 5.41) is 0. The number of alkyl halides is 3. The fraction of sp³-hybridized carbons (Fsp3) is 0.281. The Morgan fingerprint density at radius 3 is 1.93 bits per heavy atom. The fourth-order valence-corrected chi connectivity index (χ4v) is 3.77. The summed E-state index contributed by atoms with van der Waals surface area (Å²) in [6.45, 7) is 0.333. The smallest absolute Gasteiger partial charge is 0.389 e. The molecule has 234 valence electrons. The lowest BCUT2D eigenvalue weighted by atomic mass is 10.2. The number of ether oxygens (including phenoxy) is 4. The monoisotopic (exact) mass is 614 g/mol. The standard InChI is InChI=1S/C32H33F3N2O7/c33-32(34,35)15-4-18-41-27-12-8-23(9-13-27)31(40)44-28-10-5-22(6-11-28)7-14-29(38)42-16-2-1-3-17-43-30(39)24-19-25(36)21-26(37)20-24/h5-14,19-21H,1-4,15-18,36-37H2. The third-order valence-electron chi connectivity index (χ3n) is 5.95. The molecular weight excluding hydrogens is 581 g/mol. The molecule has 0 bridgehead atoms. The number of benzene rings is 3. The van der Waals surface area contributed by atoms with Crippen molar-refractivity contribution in [2.45, 2.75) is 38.3 Å². The fourth-order valence-electron chi connectivity index (χ4n) is 3.77. The van der Waals surface area contributed by atoms with E-state index in [2.05, 4.69) is 0 Å². The van der Waals surface area contributed by atoms with Crippen LogP contribution in [-0.2, 0) is 14.3 Å². The molecule has 44 heavy (non-hydrogen) atoms. The number of hydrogen-bond donors (Lipinski definition) is 2. The van der Waals surface area contributed by atoms with Gasteiger partial charge in [-0.25, -0.2) is 14.4 Å². The molecule has 0 radical (unpaired) electrons. The number of unbranched alkanes of at least 4 members (excludes halogenated alkanes) is 2. The number of carbonyl (C=O) groups excluding carboxylic acids is 3. The van der Waals surface area contributed by atoms with Crippen LogP contribution in [0.4, 0.5) is 24.5 Å². The third kappa shape index (κ3) is 12.5. The van der Waals surface area contributed by atoms with Gasteiger partial charge < -0.3 is 30.4 Å². The zero-order chi connectivity index (χ0) is 32.0. The predicted molar refractivity (Wildman–Crippen MR) is 158 cm³/mol. The Balaban J connectivity index is 1.30. The van der Waals surface area contributed by atoms with Crippen LogP contribution in [0.2, 0.25) is 0 Å². The molecule has 3 aromatic carbocycles. The summed E-state index contributed by atoms with van der Waals surface area (Å²) < 4.78 is 57.6. The van der Waals surface area contributed by atoms with E-state index >= 15 is 0 Å². The normalized spacial score (nSPS) is 11.2. The highest BCUT2D eigenvalue weighted by molar-refractivity contribution is 5.92. The van der Waals surface area contributed by atoms with Crippen molar-refractivity contribution in [1.29, 1.82) is 0 Å². The van der Waals surface area contributed by atoms with E-state index in [-0.39, 0.29) is 37.6 Å². The van der Waals surface area contributed by atoms with Gasteiger partial charge >= 0.3 is 24.1 Å². The second-order valence-electron chi connectivity index (χ2n) is 9.64. The molecule has 12 heteroatoms. The number of halogens is 3. The van der Waals surface area contributed by atoms with Crippen molar-refractivity contribution < 1.29 is 46.5 Å². The molecule has 0 aliphatic carbocycles. The summed E-state index contributed by atoms with van der Waals surface area (Å²) in [7, 11) is 0. The van der Waals surface area contributed by atoms with Crippen molar-refractivity contribution in [2.75, 3.05) is 31.3 Å². The molecule has 9 nitrogen and oxygen atoms in total. The van der Waals surface area contributed by atoms with E-state index in [9.17, 15) is 27.6 Å². The van der Waals surface area contributed by atoms with Crippen molar-refractivity contribution in [1.82, 2.24) is 0 Å². The van der Waals surface area contributed by atoms with Crippen LogP contribution < -0.4 is 20.9 Å². The molecule has 0 fully saturated rings. The minimum atomic E-state index is -4.22. The number of anilines is 2. The Morgan fingerprint density at radius 2 is 1.30 bits per heavy atom. The Hall–Kier alpha value is -5.00. The minimum absolute atomic E-state index is 0.0916. The molecular formula is C32H33F3N2O7. The minimum Gasteiger partial charge on any atom is -0.494 e. The van der Waals surface area contributed by atoms with Crippen LogP contribution in [0, 0.1) is 0 Å². The second kappa shape index (κ2) is 16.6. The number of nitrogens with two attached hydrogens (primary N) is 2. The number of esters is 3. The van der Waals surface area contributed by atoms with E-state index in [1.54, 1.807) is 36.4 Å². The first-order valence-corrected chi connectivity index (χ1v) is 13.8. The summed E-state index contributed by atoms with van der Waals surface area (Å²) in [5.74, 6) is -1.01. The molecule has 0 saturated heterocycles. The highest BCUT2D eigenvalue weighted by Crippen LogP contribution is 2.22. The van der Waals surface area contributed by atoms with Crippen molar-refractivity contribution in [3.05, 3.63) is 89.5 Å². The van der Waals surface area contributed by atoms with E-state index in [1.807, 2.05) is 0 Å². The van der Waals surface area contributed by atoms with Gasteiger partial charge in [-0.2, -0.15) is 13.2 Å². The summed E-state index contributed by atoms with van der Waals surface area (Å²) in [4.78, 5) is 36.4. The molecule has 0 saturated carbocycles. The van der Waals surface area contributed by atoms with Crippen molar-refractivity contribution in [2.24, 2.45) is 0 Å². The predicted octanol–water partition coefficient (Wildman–Crippen LogP) is 6.38. The van der Waals surface area contributed by atoms with Crippen LogP contribution in [0.15, 0.2) is 72.8 Å². The van der Waals surface area contributed by atoms with Crippen LogP contribution in [0.25, 0.3) is 6.08 Å². The summed E-state index contributed by atoms with van der Waals surface area (Å²) in [5.41, 5.74) is 13.3. The maximum atomic E-state index is 12.4. The summed E-state index contributed by atoms with van der Waals surface area (Å²) in [6, 6.07) is 16.9. The van der Waals surface area contributed by atoms with Crippen LogP contribution in [0.5, 0.6) is 11.5 Å². The number of nitrogen functional groups attached to an aromatic ring is 2. The van der Waals surface area contributed by atoms with E-state index < -0.39 is 30.5 Å². The topological polar surface area (TPSA) is 140 Å². The van der Waals surface area contributed by atoms with Crippen molar-refractivity contribution >= 4 is 35.4 Å². The van der Waals surface area contributed by atoms with E-state index in [4.69, 9.17) is 30.4 Å². The summed E-state index contributed by atoms with van der Waals surface area (Å²) >= 11 is 0. The number of rotatable bonds is 15. The van der Waals surface area contributed by atoms with Gasteiger partial charge in [-0.1, -0.05) is 12.1 Å². The molecule has 0 aliphatic rings. The first-order valence-electron chi connectivity index (χ1n) is 13.8. The SMILES string of the molecule is Nc1cc(N)cc(C(=O)OCCCCCOC(=O)C=Cc2ccc(OC(=O)c3ccc(OCCCC(F)(F)F)cc3)cc2)c1. The van der Waals surface area contributed by atoms with Gasteiger partial charge in [-0.05, 0) is 91.9 Å². The Labute approximate surface area is 252 Å². The molecule has 3 rings (SSSR count). The molecule has 0 aliphatic heterocycles. The van der Waals surface area contributed by atoms with Gasteiger partial charge in [0.2, 0.25) is 0 Å². The van der Waals surface area contributed by atoms with Crippen LogP contribution in [0.1, 0.15) is 58.4 Å². The molecule has 3 aromatic rings. The van der Waals surface area contributed by atoms with Crippen LogP contribution in [-0.4, -0.2) is 43.9 Å². The van der Waals surface area contributed by atoms with E-state index in [0.717, 1.165) is 0 Å². The average Bonchev–Trinajstić information content (AvgIpc) is 2.97. The highest BCUT2D eigenvalue weighted by atomic mass is 19.4. The largest absolute Gasteiger partial charge is 0.494 e. The van der Waals surface area contributed by atoms with Gasteiger partial charge in [-0.3, -0.25) is 0 Å². The second-order valence-corrected chi connectivity index (χ2v) is 9.64. The van der Waals surface area contributed by atoms with E-state index in [0.29, 0.717) is 47.5 Å². The van der Waals surface area contributed by atoms with Gasteiger partial charge in [0.15, 0.2) is 0 Å². The van der Waals surface area contributed by atoms with Crippen LogP contribution >= 0.6 is 0 Å². The zero-order valence-electron chi connectivity index (χ0n) is 23.8. The Bertz CT molecular complexity index is 1400. The molecule has 0 heterocycles. The molecule has 4 N–H and O–H groups in total. The van der Waals surface area contributed by atoms with Crippen molar-refractivity contribution in [3.8, 4) is 11.5 Å². The summed E-state index contributed by atoms with van der Waals surface area (Å²) in [6.07, 6.45) is -0.586. The van der Waals surface area contributed by atoms with Gasteiger partial charge in [0.25, 0.3) is 0 Å². The Morgan fingerprint density at radius 1 is 0.682 bits per heavy atom. The first-order chi connectivity index (χ1) is 21.0. The van der Waals surface area contributed by atoms with Gasteiger partial charge in [0.1, 0.15) is 11.5 Å². The quantitative estimate of drug-likeness (QED) is 0.0656. The first kappa shape index (κ1) is 33.5. The molecule has 0 aromatic heterocycles. The van der Waals surface area contributed by atoms with Crippen molar-refractivity contribution in [3.63, 3.8) is 0 Å². The van der Waals surface area contributed by atoms with Gasteiger partial charge in [0.05, 0.1) is 30.9 Å². The van der Waals surface area contributed by atoms with Gasteiger partial charge in [0, 0.05) is 23.9 Å². The van der Waals surface area contributed by atoms with E-state index in [1.165, 1.54) is 42.5 Å². The van der Waals surface area contributed by atoms with Gasteiger partial charge in [-0.15, -0.1) is 0 Å². The average molecular weight is 615 g/mol. The Kier molecular flexibility index (Phi) is 12.6. The zero-order valence-corrected chi connectivity index (χ0v) is 23.8. The lowest BCUT2D eigenvalue weighted by molar-refractivity contribution is -0.138. The maximum absolute atomic E-state index is 12.4. The highest BCUT2D eigenvalue weighted by Gasteiger charge is 2.26. The number of carbonyl (C=O) groups is 3.